The Morgan fingerprint density at radius 3 is 2.78 bits per heavy atom. The second kappa shape index (κ2) is 6.26. The number of nitrogens with one attached hydrogen (secondary N) is 1. The molecule has 23 heavy (non-hydrogen) atoms. The third kappa shape index (κ3) is 3.68. The van der Waals surface area contributed by atoms with E-state index in [1.165, 1.54) is 0 Å². The summed E-state index contributed by atoms with van der Waals surface area (Å²) in [6, 6.07) is 0. The number of rotatable bonds is 1. The zero-order valence-corrected chi connectivity index (χ0v) is 14.1. The molecule has 1 N–H and O–H groups in total. The molecular weight excluding hydrogens is 294 g/mol. The van der Waals surface area contributed by atoms with E-state index in [2.05, 4.69) is 10.3 Å². The Morgan fingerprint density at radius 1 is 1.35 bits per heavy atom. The van der Waals surface area contributed by atoms with Gasteiger partial charge in [0.05, 0.1) is 11.9 Å². The molecule has 1 aromatic rings. The quantitative estimate of drug-likeness (QED) is 0.862. The maximum atomic E-state index is 12.1. The van der Waals surface area contributed by atoms with Gasteiger partial charge in [0.15, 0.2) is 0 Å². The van der Waals surface area contributed by atoms with Crippen LogP contribution in [0, 0.1) is 0 Å². The number of hydrogen-bond donors (Lipinski definition) is 1. The minimum atomic E-state index is -0.449. The number of anilines is 1. The molecule has 6 heteroatoms. The lowest BCUT2D eigenvalue weighted by Gasteiger charge is -2.34. The van der Waals surface area contributed by atoms with E-state index < -0.39 is 5.60 Å². The van der Waals surface area contributed by atoms with E-state index in [0.29, 0.717) is 25.6 Å². The van der Waals surface area contributed by atoms with Crippen LogP contribution in [0.2, 0.25) is 0 Å². The van der Waals surface area contributed by atoms with Crippen molar-refractivity contribution in [3.05, 3.63) is 18.0 Å². The van der Waals surface area contributed by atoms with Crippen LogP contribution in [-0.4, -0.2) is 47.8 Å². The smallest absolute Gasteiger partial charge is 0.410 e. The first-order chi connectivity index (χ1) is 10.9. The molecule has 0 unspecified atom stereocenters. The van der Waals surface area contributed by atoms with Crippen molar-refractivity contribution in [2.75, 3.05) is 31.6 Å². The predicted molar refractivity (Wildman–Crippen MR) is 88.0 cm³/mol. The Balaban J connectivity index is 1.65. The molecule has 0 bridgehead atoms. The van der Waals surface area contributed by atoms with E-state index >= 15 is 0 Å². The molecule has 0 spiro atoms. The van der Waals surface area contributed by atoms with Crippen LogP contribution >= 0.6 is 0 Å². The number of piperidine rings is 1. The van der Waals surface area contributed by atoms with Gasteiger partial charge in [0.25, 0.3) is 0 Å². The van der Waals surface area contributed by atoms with E-state index in [4.69, 9.17) is 9.47 Å². The summed E-state index contributed by atoms with van der Waals surface area (Å²) in [5, 5.41) is 3.32. The maximum absolute atomic E-state index is 12.1. The van der Waals surface area contributed by atoms with E-state index in [-0.39, 0.29) is 6.09 Å². The van der Waals surface area contributed by atoms with Crippen molar-refractivity contribution < 1.29 is 14.3 Å². The number of ether oxygens (including phenoxy) is 2. The van der Waals surface area contributed by atoms with Gasteiger partial charge in [-0.2, -0.15) is 0 Å². The van der Waals surface area contributed by atoms with Gasteiger partial charge in [-0.25, -0.2) is 4.79 Å². The van der Waals surface area contributed by atoms with Gasteiger partial charge in [0.2, 0.25) is 0 Å². The zero-order chi connectivity index (χ0) is 16.4. The molecular formula is C17H25N3O3. The molecule has 0 radical (unpaired) electrons. The lowest BCUT2D eigenvalue weighted by atomic mass is 9.89. The summed E-state index contributed by atoms with van der Waals surface area (Å²) in [6.45, 7) is 8.58. The normalized spacial score (nSPS) is 18.7. The van der Waals surface area contributed by atoms with E-state index in [0.717, 1.165) is 36.4 Å². The molecule has 3 rings (SSSR count). The van der Waals surface area contributed by atoms with Crippen LogP contribution in [-0.2, 0) is 4.74 Å². The number of hydrogen-bond acceptors (Lipinski definition) is 5. The standard InChI is InChI=1S/C17H25N3O3/c1-17(2,3)23-16(21)20-7-4-12(5-8-20)13-10-18-11-14-15(13)22-9-6-19-14/h10-12,19H,4-9H2,1-3H3. The van der Waals surface area contributed by atoms with E-state index in [1.54, 1.807) is 4.90 Å². The fraction of sp³-hybridized carbons (Fsp3) is 0.647. The molecule has 0 aromatic carbocycles. The van der Waals surface area contributed by atoms with Gasteiger partial charge in [-0.3, -0.25) is 4.98 Å². The van der Waals surface area contributed by atoms with Crippen molar-refractivity contribution in [3.63, 3.8) is 0 Å². The predicted octanol–water partition coefficient (Wildman–Crippen LogP) is 3.00. The molecule has 1 fully saturated rings. The highest BCUT2D eigenvalue weighted by atomic mass is 16.6. The Hall–Kier alpha value is -1.98. The summed E-state index contributed by atoms with van der Waals surface area (Å²) in [4.78, 5) is 18.3. The molecule has 1 aromatic heterocycles. The van der Waals surface area contributed by atoms with Crippen LogP contribution < -0.4 is 10.1 Å². The van der Waals surface area contributed by atoms with Crippen LogP contribution in [0.1, 0.15) is 45.1 Å². The summed E-state index contributed by atoms with van der Waals surface area (Å²) >= 11 is 0. The number of likely N-dealkylation sites (tertiary alicyclic amines) is 1. The number of amides is 1. The highest BCUT2D eigenvalue weighted by Gasteiger charge is 2.30. The SMILES string of the molecule is CC(C)(C)OC(=O)N1CCC(c2cncc3c2OCCN3)CC1. The molecule has 0 atom stereocenters. The summed E-state index contributed by atoms with van der Waals surface area (Å²) in [7, 11) is 0. The molecule has 3 heterocycles. The number of carbonyl (C=O) groups excluding carboxylic acids is 1. The summed E-state index contributed by atoms with van der Waals surface area (Å²) in [6.07, 6.45) is 5.30. The molecule has 6 nitrogen and oxygen atoms in total. The highest BCUT2D eigenvalue weighted by Crippen LogP contribution is 2.39. The number of fused-ring (bicyclic) bond motifs is 1. The van der Waals surface area contributed by atoms with Crippen LogP contribution in [0.25, 0.3) is 0 Å². The molecule has 0 saturated carbocycles. The fourth-order valence-corrected chi connectivity index (χ4v) is 3.08. The minimum absolute atomic E-state index is 0.220. The first-order valence-corrected chi connectivity index (χ1v) is 8.26. The van der Waals surface area contributed by atoms with E-state index in [1.807, 2.05) is 33.2 Å². The molecule has 1 saturated heterocycles. The lowest BCUT2D eigenvalue weighted by Crippen LogP contribution is -2.41. The van der Waals surface area contributed by atoms with E-state index in [9.17, 15) is 4.79 Å². The number of pyridine rings is 1. The Morgan fingerprint density at radius 2 is 2.09 bits per heavy atom. The zero-order valence-electron chi connectivity index (χ0n) is 14.1. The largest absolute Gasteiger partial charge is 0.489 e. The first kappa shape index (κ1) is 15.9. The van der Waals surface area contributed by atoms with Gasteiger partial charge >= 0.3 is 6.09 Å². The summed E-state index contributed by atoms with van der Waals surface area (Å²) in [5.74, 6) is 1.30. The maximum Gasteiger partial charge on any atom is 0.410 e. The van der Waals surface area contributed by atoms with Gasteiger partial charge in [0.1, 0.15) is 18.0 Å². The monoisotopic (exact) mass is 319 g/mol. The average Bonchev–Trinajstić information content (AvgIpc) is 2.53. The lowest BCUT2D eigenvalue weighted by molar-refractivity contribution is 0.0204. The number of carbonyl (C=O) groups is 1. The van der Waals surface area contributed by atoms with Crippen molar-refractivity contribution in [1.82, 2.24) is 9.88 Å². The van der Waals surface area contributed by atoms with Crippen LogP contribution in [0.15, 0.2) is 12.4 Å². The van der Waals surface area contributed by atoms with Crippen molar-refractivity contribution in [1.29, 1.82) is 0 Å². The van der Waals surface area contributed by atoms with Gasteiger partial charge < -0.3 is 19.7 Å². The Kier molecular flexibility index (Phi) is 4.33. The Labute approximate surface area is 137 Å². The molecule has 2 aliphatic rings. The molecule has 2 aliphatic heterocycles. The van der Waals surface area contributed by atoms with Gasteiger partial charge in [-0.15, -0.1) is 0 Å². The van der Waals surface area contributed by atoms with Crippen LogP contribution in [0.5, 0.6) is 5.75 Å². The van der Waals surface area contributed by atoms with Crippen LogP contribution in [0.4, 0.5) is 10.5 Å². The number of aromatic nitrogens is 1. The van der Waals surface area contributed by atoms with Gasteiger partial charge in [-0.1, -0.05) is 0 Å². The fourth-order valence-electron chi connectivity index (χ4n) is 3.08. The second-order valence-electron chi connectivity index (χ2n) is 7.12. The highest BCUT2D eigenvalue weighted by molar-refractivity contribution is 5.68. The summed E-state index contributed by atoms with van der Waals surface area (Å²) < 4.78 is 11.3. The third-order valence-electron chi connectivity index (χ3n) is 4.17. The minimum Gasteiger partial charge on any atom is -0.489 e. The molecule has 126 valence electrons. The van der Waals surface area contributed by atoms with Crippen LogP contribution in [0.3, 0.4) is 0 Å². The number of nitrogens with zero attached hydrogens (tertiary/aromatic N) is 2. The van der Waals surface area contributed by atoms with Crippen molar-refractivity contribution in [2.24, 2.45) is 0 Å². The first-order valence-electron chi connectivity index (χ1n) is 8.26. The van der Waals surface area contributed by atoms with Gasteiger partial charge in [0, 0.05) is 31.4 Å². The third-order valence-corrected chi connectivity index (χ3v) is 4.17. The summed E-state index contributed by atoms with van der Waals surface area (Å²) in [5.41, 5.74) is 1.68. The second-order valence-corrected chi connectivity index (χ2v) is 7.12. The Bertz CT molecular complexity index is 575. The van der Waals surface area contributed by atoms with Crippen molar-refractivity contribution >= 4 is 11.8 Å². The molecule has 0 aliphatic carbocycles. The van der Waals surface area contributed by atoms with Gasteiger partial charge in [-0.05, 0) is 39.5 Å². The van der Waals surface area contributed by atoms with Crippen molar-refractivity contribution in [2.45, 2.75) is 45.1 Å². The average molecular weight is 319 g/mol. The van der Waals surface area contributed by atoms with Crippen molar-refractivity contribution in [3.8, 4) is 5.75 Å². The molecule has 1 amide bonds. The topological polar surface area (TPSA) is 63.7 Å².